The molecule has 3 aromatic rings. The summed E-state index contributed by atoms with van der Waals surface area (Å²) >= 11 is 1.26. The van der Waals surface area contributed by atoms with E-state index >= 15 is 0 Å². The second kappa shape index (κ2) is 5.13. The van der Waals surface area contributed by atoms with Crippen molar-refractivity contribution in [2.24, 2.45) is 0 Å². The number of carboxylic acid groups (broad SMARTS) is 1. The van der Waals surface area contributed by atoms with Crippen LogP contribution in [0.3, 0.4) is 0 Å². The lowest BCUT2D eigenvalue weighted by molar-refractivity contribution is -0.133. The summed E-state index contributed by atoms with van der Waals surface area (Å²) in [5.74, 6) is 0.646. The number of hydrogen-bond donors (Lipinski definition) is 1. The van der Waals surface area contributed by atoms with Gasteiger partial charge in [-0.15, -0.1) is 5.10 Å². The van der Waals surface area contributed by atoms with E-state index in [1.54, 1.807) is 22.9 Å². The Labute approximate surface area is 129 Å². The molecule has 0 saturated heterocycles. The van der Waals surface area contributed by atoms with Crippen molar-refractivity contribution in [2.75, 3.05) is 5.75 Å². The molecule has 22 heavy (non-hydrogen) atoms. The number of furan rings is 1. The van der Waals surface area contributed by atoms with E-state index in [4.69, 9.17) is 9.52 Å². The zero-order valence-electron chi connectivity index (χ0n) is 11.5. The Morgan fingerprint density at radius 3 is 3.09 bits per heavy atom. The lowest BCUT2D eigenvalue weighted by atomic mass is 10.3. The highest BCUT2D eigenvalue weighted by Crippen LogP contribution is 2.32. The maximum Gasteiger partial charge on any atom is 0.313 e. The van der Waals surface area contributed by atoms with Crippen LogP contribution in [0.1, 0.15) is 17.7 Å². The number of aryl methyl sites for hydroxylation is 1. The number of aromatic nitrogens is 4. The Hall–Kier alpha value is -2.35. The van der Waals surface area contributed by atoms with Crippen molar-refractivity contribution in [1.82, 2.24) is 19.6 Å². The summed E-state index contributed by atoms with van der Waals surface area (Å²) in [7, 11) is 0. The van der Waals surface area contributed by atoms with Gasteiger partial charge in [0.05, 0.1) is 17.7 Å². The van der Waals surface area contributed by atoms with Crippen LogP contribution in [0.25, 0.3) is 17.4 Å². The molecule has 7 nitrogen and oxygen atoms in total. The second-order valence-electron chi connectivity index (χ2n) is 5.00. The molecule has 8 heteroatoms. The first-order chi connectivity index (χ1) is 10.7. The summed E-state index contributed by atoms with van der Waals surface area (Å²) in [4.78, 5) is 19.9. The molecule has 0 radical (unpaired) electrons. The number of aliphatic carboxylic acids is 1. The van der Waals surface area contributed by atoms with Gasteiger partial charge in [-0.25, -0.2) is 4.98 Å². The van der Waals surface area contributed by atoms with Crippen molar-refractivity contribution in [2.45, 2.75) is 24.3 Å². The van der Waals surface area contributed by atoms with Gasteiger partial charge < -0.3 is 9.52 Å². The van der Waals surface area contributed by atoms with Crippen molar-refractivity contribution < 1.29 is 14.3 Å². The van der Waals surface area contributed by atoms with Crippen molar-refractivity contribution in [3.63, 3.8) is 0 Å². The Kier molecular flexibility index (Phi) is 3.11. The Morgan fingerprint density at radius 1 is 1.41 bits per heavy atom. The molecule has 1 aliphatic rings. The maximum atomic E-state index is 10.9. The lowest BCUT2D eigenvalue weighted by Gasteiger charge is -2.07. The van der Waals surface area contributed by atoms with E-state index in [1.807, 2.05) is 0 Å². The van der Waals surface area contributed by atoms with Crippen LogP contribution in [-0.4, -0.2) is 36.4 Å². The van der Waals surface area contributed by atoms with Gasteiger partial charge in [-0.05, 0) is 31.4 Å². The molecule has 4 rings (SSSR count). The molecule has 3 aromatic heterocycles. The molecule has 112 valence electrons. The smallest absolute Gasteiger partial charge is 0.313 e. The third-order valence-electron chi connectivity index (χ3n) is 3.54. The summed E-state index contributed by atoms with van der Waals surface area (Å²) in [6.45, 7) is 0. The third kappa shape index (κ3) is 2.16. The van der Waals surface area contributed by atoms with Crippen molar-refractivity contribution in [3.8, 4) is 11.6 Å². The number of carboxylic acids is 1. The highest BCUT2D eigenvalue weighted by molar-refractivity contribution is 7.99. The maximum absolute atomic E-state index is 10.9. The van der Waals surface area contributed by atoms with Crippen LogP contribution in [0.15, 0.2) is 27.8 Å². The van der Waals surface area contributed by atoms with Gasteiger partial charge in [0.2, 0.25) is 5.82 Å². The van der Waals surface area contributed by atoms with Crippen LogP contribution < -0.4 is 0 Å². The Morgan fingerprint density at radius 2 is 2.32 bits per heavy atom. The molecule has 3 heterocycles. The average molecular weight is 316 g/mol. The monoisotopic (exact) mass is 316 g/mol. The predicted octanol–water partition coefficient (Wildman–Crippen LogP) is 2.05. The predicted molar refractivity (Wildman–Crippen MR) is 78.9 cm³/mol. The number of thioether (sulfide) groups is 1. The van der Waals surface area contributed by atoms with Gasteiger partial charge in [0, 0.05) is 5.56 Å². The molecular weight excluding hydrogens is 304 g/mol. The van der Waals surface area contributed by atoms with E-state index in [0.29, 0.717) is 17.4 Å². The minimum atomic E-state index is -0.854. The minimum Gasteiger partial charge on any atom is -0.481 e. The van der Waals surface area contributed by atoms with Gasteiger partial charge in [-0.1, -0.05) is 11.8 Å². The fourth-order valence-corrected chi connectivity index (χ4v) is 3.53. The van der Waals surface area contributed by atoms with E-state index in [2.05, 4.69) is 15.1 Å². The summed E-state index contributed by atoms with van der Waals surface area (Å²) < 4.78 is 6.96. The molecule has 0 bridgehead atoms. The van der Waals surface area contributed by atoms with Gasteiger partial charge >= 0.3 is 5.97 Å². The SMILES string of the molecule is O=C(O)CSc1c2c(nc3nc(-c4ccco4)nn13)CCC2. The standard InChI is InChI=1S/C14H12N4O3S/c19-11(20)7-22-13-8-3-1-4-9(8)15-14-16-12(17-18(13)14)10-5-2-6-21-10/h2,5-6H,1,3-4,7H2,(H,19,20). The van der Waals surface area contributed by atoms with Crippen molar-refractivity contribution in [3.05, 3.63) is 29.7 Å². The van der Waals surface area contributed by atoms with E-state index < -0.39 is 5.97 Å². The van der Waals surface area contributed by atoms with Crippen LogP contribution in [0.2, 0.25) is 0 Å². The van der Waals surface area contributed by atoms with Gasteiger partial charge in [0.25, 0.3) is 5.78 Å². The summed E-state index contributed by atoms with van der Waals surface area (Å²) in [5, 5.41) is 14.2. The molecule has 0 spiro atoms. The van der Waals surface area contributed by atoms with Gasteiger partial charge in [0.1, 0.15) is 5.03 Å². The Balaban J connectivity index is 1.87. The van der Waals surface area contributed by atoms with Crippen LogP contribution in [0.5, 0.6) is 0 Å². The van der Waals surface area contributed by atoms with Gasteiger partial charge in [-0.3, -0.25) is 4.79 Å². The van der Waals surface area contributed by atoms with Crippen molar-refractivity contribution in [1.29, 1.82) is 0 Å². The molecule has 0 fully saturated rings. The molecule has 0 aliphatic heterocycles. The number of carbonyl (C=O) groups is 1. The minimum absolute atomic E-state index is 0.0124. The summed E-state index contributed by atoms with van der Waals surface area (Å²) in [5.41, 5.74) is 2.09. The first-order valence-corrected chi connectivity index (χ1v) is 7.88. The molecule has 0 unspecified atom stereocenters. The van der Waals surface area contributed by atoms with E-state index in [0.717, 1.165) is 35.5 Å². The fraction of sp³-hybridized carbons (Fsp3) is 0.286. The topological polar surface area (TPSA) is 93.5 Å². The van der Waals surface area contributed by atoms with Crippen LogP contribution >= 0.6 is 11.8 Å². The number of nitrogens with zero attached hydrogens (tertiary/aromatic N) is 4. The van der Waals surface area contributed by atoms with Crippen LogP contribution in [0, 0.1) is 0 Å². The largest absolute Gasteiger partial charge is 0.481 e. The highest BCUT2D eigenvalue weighted by atomic mass is 32.2. The first kappa shape index (κ1) is 13.3. The summed E-state index contributed by atoms with van der Waals surface area (Å²) in [6, 6.07) is 3.56. The number of rotatable bonds is 4. The Bertz CT molecular complexity index is 857. The van der Waals surface area contributed by atoms with E-state index in [1.165, 1.54) is 11.8 Å². The number of hydrogen-bond acceptors (Lipinski definition) is 6. The third-order valence-corrected chi connectivity index (χ3v) is 4.62. The molecule has 0 atom stereocenters. The zero-order valence-corrected chi connectivity index (χ0v) is 12.3. The van der Waals surface area contributed by atoms with Crippen LogP contribution in [-0.2, 0) is 17.6 Å². The second-order valence-corrected chi connectivity index (χ2v) is 5.97. The van der Waals surface area contributed by atoms with E-state index in [-0.39, 0.29) is 5.75 Å². The average Bonchev–Trinajstić information content (AvgIpc) is 3.21. The quantitative estimate of drug-likeness (QED) is 0.581. The van der Waals surface area contributed by atoms with Gasteiger partial charge in [0.15, 0.2) is 5.76 Å². The lowest BCUT2D eigenvalue weighted by Crippen LogP contribution is -2.05. The molecule has 0 amide bonds. The normalized spacial score (nSPS) is 13.6. The van der Waals surface area contributed by atoms with Crippen molar-refractivity contribution >= 4 is 23.5 Å². The summed E-state index contributed by atoms with van der Waals surface area (Å²) in [6.07, 6.45) is 4.39. The van der Waals surface area contributed by atoms with Gasteiger partial charge in [-0.2, -0.15) is 9.50 Å². The highest BCUT2D eigenvalue weighted by Gasteiger charge is 2.23. The fourth-order valence-electron chi connectivity index (χ4n) is 2.63. The molecular formula is C14H12N4O3S. The van der Waals surface area contributed by atoms with E-state index in [9.17, 15) is 4.79 Å². The molecule has 0 saturated carbocycles. The molecule has 1 aliphatic carbocycles. The first-order valence-electron chi connectivity index (χ1n) is 6.89. The zero-order chi connectivity index (χ0) is 15.1. The molecule has 1 N–H and O–H groups in total. The molecule has 0 aromatic carbocycles. The van der Waals surface area contributed by atoms with Crippen LogP contribution in [0.4, 0.5) is 0 Å². The number of fused-ring (bicyclic) bond motifs is 2.